The van der Waals surface area contributed by atoms with Crippen molar-refractivity contribution in [2.45, 2.75) is 0 Å². The van der Waals surface area contributed by atoms with Crippen molar-refractivity contribution in [3.05, 3.63) is 45.6 Å². The zero-order valence-electron chi connectivity index (χ0n) is 11.6. The molecule has 1 amide bonds. The van der Waals surface area contributed by atoms with Gasteiger partial charge in [-0.25, -0.2) is 0 Å². The van der Waals surface area contributed by atoms with Crippen LogP contribution < -0.4 is 14.8 Å². The molecule has 0 spiro atoms. The van der Waals surface area contributed by atoms with E-state index >= 15 is 0 Å². The van der Waals surface area contributed by atoms with Gasteiger partial charge in [-0.05, 0) is 30.3 Å². The number of anilines is 1. The molecule has 0 fully saturated rings. The Morgan fingerprint density at radius 2 is 1.95 bits per heavy atom. The standard InChI is InChI=1S/C15H14ClNO3S/c1-19-12-6-3-10(9-13(12)20-2)17-15(18)8-5-11-4-7-14(16)21-11/h3-9H,1-2H3,(H,17,18)/b8-5-. The van der Waals surface area contributed by atoms with E-state index in [1.54, 1.807) is 44.6 Å². The molecule has 0 aliphatic heterocycles. The quantitative estimate of drug-likeness (QED) is 0.844. The molecule has 0 radical (unpaired) electrons. The van der Waals surface area contributed by atoms with Gasteiger partial charge < -0.3 is 14.8 Å². The van der Waals surface area contributed by atoms with Crippen LogP contribution in [0.1, 0.15) is 4.88 Å². The number of carbonyl (C=O) groups excluding carboxylic acids is 1. The zero-order valence-corrected chi connectivity index (χ0v) is 13.1. The van der Waals surface area contributed by atoms with E-state index in [1.165, 1.54) is 17.4 Å². The second kappa shape index (κ2) is 7.15. The second-order valence-corrected chi connectivity index (χ2v) is 5.78. The van der Waals surface area contributed by atoms with E-state index in [2.05, 4.69) is 5.32 Å². The van der Waals surface area contributed by atoms with Gasteiger partial charge in [-0.15, -0.1) is 11.3 Å². The summed E-state index contributed by atoms with van der Waals surface area (Å²) >= 11 is 7.23. The molecule has 0 unspecified atom stereocenters. The molecule has 1 aromatic heterocycles. The van der Waals surface area contributed by atoms with E-state index < -0.39 is 0 Å². The van der Waals surface area contributed by atoms with Gasteiger partial charge in [0.15, 0.2) is 11.5 Å². The van der Waals surface area contributed by atoms with Gasteiger partial charge in [0.2, 0.25) is 5.91 Å². The van der Waals surface area contributed by atoms with Crippen molar-refractivity contribution < 1.29 is 14.3 Å². The molecule has 0 saturated heterocycles. The SMILES string of the molecule is COc1ccc(NC(=O)/C=C\c2ccc(Cl)s2)cc1OC. The molecule has 1 N–H and O–H groups in total. The molecular formula is C15H14ClNO3S. The average Bonchev–Trinajstić information content (AvgIpc) is 2.90. The highest BCUT2D eigenvalue weighted by molar-refractivity contribution is 7.17. The summed E-state index contributed by atoms with van der Waals surface area (Å²) < 4.78 is 11.0. The van der Waals surface area contributed by atoms with Gasteiger partial charge in [0.1, 0.15) is 0 Å². The predicted molar refractivity (Wildman–Crippen MR) is 86.5 cm³/mol. The number of hydrogen-bond acceptors (Lipinski definition) is 4. The Bertz CT molecular complexity index is 667. The molecule has 2 aromatic rings. The van der Waals surface area contributed by atoms with Gasteiger partial charge in [-0.1, -0.05) is 11.6 Å². The van der Waals surface area contributed by atoms with Crippen molar-refractivity contribution >= 4 is 40.6 Å². The Balaban J connectivity index is 2.04. The first-order valence-corrected chi connectivity index (χ1v) is 7.28. The molecule has 0 atom stereocenters. The summed E-state index contributed by atoms with van der Waals surface area (Å²) in [5.41, 5.74) is 0.631. The molecule has 4 nitrogen and oxygen atoms in total. The lowest BCUT2D eigenvalue weighted by molar-refractivity contribution is -0.111. The fourth-order valence-corrected chi connectivity index (χ4v) is 2.64. The maximum absolute atomic E-state index is 11.8. The summed E-state index contributed by atoms with van der Waals surface area (Å²) in [5, 5.41) is 2.76. The molecule has 0 saturated carbocycles. The molecule has 0 aliphatic carbocycles. The van der Waals surface area contributed by atoms with Crippen LogP contribution in [-0.2, 0) is 4.79 Å². The molecule has 110 valence electrons. The van der Waals surface area contributed by atoms with Gasteiger partial charge in [0.05, 0.1) is 18.6 Å². The summed E-state index contributed by atoms with van der Waals surface area (Å²) in [7, 11) is 3.11. The highest BCUT2D eigenvalue weighted by Gasteiger charge is 2.06. The van der Waals surface area contributed by atoms with Gasteiger partial charge in [0, 0.05) is 22.7 Å². The highest BCUT2D eigenvalue weighted by Crippen LogP contribution is 2.29. The summed E-state index contributed by atoms with van der Waals surface area (Å²) in [5.74, 6) is 0.940. The van der Waals surface area contributed by atoms with Crippen LogP contribution in [0.15, 0.2) is 36.4 Å². The predicted octanol–water partition coefficient (Wildman–Crippen LogP) is 4.07. The largest absolute Gasteiger partial charge is 0.493 e. The molecule has 0 aliphatic rings. The van der Waals surface area contributed by atoms with Crippen molar-refractivity contribution in [1.82, 2.24) is 0 Å². The fraction of sp³-hybridized carbons (Fsp3) is 0.133. The molecule has 6 heteroatoms. The first kappa shape index (κ1) is 15.4. The van der Waals surface area contributed by atoms with Crippen LogP contribution in [0.3, 0.4) is 0 Å². The minimum absolute atomic E-state index is 0.230. The lowest BCUT2D eigenvalue weighted by atomic mass is 10.2. The van der Waals surface area contributed by atoms with Crippen molar-refractivity contribution in [3.63, 3.8) is 0 Å². The summed E-state index contributed by atoms with van der Waals surface area (Å²) in [6, 6.07) is 8.82. The van der Waals surface area contributed by atoms with E-state index in [0.29, 0.717) is 21.5 Å². The van der Waals surface area contributed by atoms with Gasteiger partial charge >= 0.3 is 0 Å². The van der Waals surface area contributed by atoms with Crippen LogP contribution >= 0.6 is 22.9 Å². The Kier molecular flexibility index (Phi) is 5.25. The van der Waals surface area contributed by atoms with Crippen LogP contribution in [0.25, 0.3) is 6.08 Å². The van der Waals surface area contributed by atoms with Crippen LogP contribution in [0.2, 0.25) is 4.34 Å². The van der Waals surface area contributed by atoms with Crippen molar-refractivity contribution in [2.24, 2.45) is 0 Å². The minimum Gasteiger partial charge on any atom is -0.493 e. The number of methoxy groups -OCH3 is 2. The number of halogens is 1. The highest BCUT2D eigenvalue weighted by atomic mass is 35.5. The topological polar surface area (TPSA) is 47.6 Å². The Hall–Kier alpha value is -1.98. The number of hydrogen-bond donors (Lipinski definition) is 1. The minimum atomic E-state index is -0.230. The normalized spacial score (nSPS) is 10.6. The zero-order chi connectivity index (χ0) is 15.2. The number of benzene rings is 1. The average molecular weight is 324 g/mol. The number of ether oxygens (including phenoxy) is 2. The summed E-state index contributed by atoms with van der Waals surface area (Å²) in [4.78, 5) is 12.8. The van der Waals surface area contributed by atoms with Gasteiger partial charge in [0.25, 0.3) is 0 Å². The van der Waals surface area contributed by atoms with E-state index in [9.17, 15) is 4.79 Å². The first-order valence-electron chi connectivity index (χ1n) is 6.09. The number of rotatable bonds is 5. The van der Waals surface area contributed by atoms with Gasteiger partial charge in [-0.2, -0.15) is 0 Å². The molecular weight excluding hydrogens is 310 g/mol. The number of nitrogens with one attached hydrogen (secondary N) is 1. The Morgan fingerprint density at radius 3 is 2.57 bits per heavy atom. The maximum Gasteiger partial charge on any atom is 0.248 e. The third-order valence-electron chi connectivity index (χ3n) is 2.64. The van der Waals surface area contributed by atoms with Crippen LogP contribution in [0.5, 0.6) is 11.5 Å². The van der Waals surface area contributed by atoms with E-state index in [1.807, 2.05) is 6.07 Å². The molecule has 1 aromatic carbocycles. The van der Waals surface area contributed by atoms with Crippen LogP contribution in [0, 0.1) is 0 Å². The van der Waals surface area contributed by atoms with Gasteiger partial charge in [-0.3, -0.25) is 4.79 Å². The number of thiophene rings is 1. The molecule has 21 heavy (non-hydrogen) atoms. The van der Waals surface area contributed by atoms with Crippen LogP contribution in [-0.4, -0.2) is 20.1 Å². The number of amides is 1. The van der Waals surface area contributed by atoms with Crippen molar-refractivity contribution in [1.29, 1.82) is 0 Å². The van der Waals surface area contributed by atoms with Crippen LogP contribution in [0.4, 0.5) is 5.69 Å². The molecule has 0 bridgehead atoms. The third kappa shape index (κ3) is 4.24. The second-order valence-electron chi connectivity index (χ2n) is 4.03. The fourth-order valence-electron chi connectivity index (χ4n) is 1.67. The summed E-state index contributed by atoms with van der Waals surface area (Å²) in [6.45, 7) is 0. The molecule has 1 heterocycles. The first-order chi connectivity index (χ1) is 10.1. The Morgan fingerprint density at radius 1 is 1.19 bits per heavy atom. The third-order valence-corrected chi connectivity index (χ3v) is 3.84. The van der Waals surface area contributed by atoms with E-state index in [0.717, 1.165) is 4.88 Å². The maximum atomic E-state index is 11.8. The molecule has 2 rings (SSSR count). The lowest BCUT2D eigenvalue weighted by Crippen LogP contribution is -2.07. The van der Waals surface area contributed by atoms with Crippen molar-refractivity contribution in [3.8, 4) is 11.5 Å². The summed E-state index contributed by atoms with van der Waals surface area (Å²) in [6.07, 6.45) is 3.17. The monoisotopic (exact) mass is 323 g/mol. The Labute approximate surface area is 132 Å². The van der Waals surface area contributed by atoms with Crippen molar-refractivity contribution in [2.75, 3.05) is 19.5 Å². The smallest absolute Gasteiger partial charge is 0.248 e. The van der Waals surface area contributed by atoms with E-state index in [4.69, 9.17) is 21.1 Å². The van der Waals surface area contributed by atoms with E-state index in [-0.39, 0.29) is 5.91 Å². The number of carbonyl (C=O) groups is 1. The lowest BCUT2D eigenvalue weighted by Gasteiger charge is -2.09.